The fourth-order valence-corrected chi connectivity index (χ4v) is 3.10. The molecule has 19 heavy (non-hydrogen) atoms. The van der Waals surface area contributed by atoms with E-state index in [4.69, 9.17) is 0 Å². The third-order valence-electron chi connectivity index (χ3n) is 4.05. The van der Waals surface area contributed by atoms with E-state index >= 15 is 0 Å². The first-order valence-electron chi connectivity index (χ1n) is 7.19. The van der Waals surface area contributed by atoms with E-state index in [1.165, 1.54) is 29.7 Å². The lowest BCUT2D eigenvalue weighted by molar-refractivity contribution is 0.481. The Morgan fingerprint density at radius 1 is 0.895 bits per heavy atom. The molecule has 1 unspecified atom stereocenters. The summed E-state index contributed by atoms with van der Waals surface area (Å²) in [4.78, 5) is 2.61. The molecule has 1 aliphatic rings. The van der Waals surface area contributed by atoms with E-state index in [1.807, 2.05) is 0 Å². The van der Waals surface area contributed by atoms with Crippen LogP contribution in [0.2, 0.25) is 0 Å². The second-order valence-corrected chi connectivity index (χ2v) is 5.39. The van der Waals surface area contributed by atoms with Gasteiger partial charge in [-0.3, -0.25) is 4.90 Å². The van der Waals surface area contributed by atoms with Gasteiger partial charge in [0, 0.05) is 0 Å². The lowest BCUT2D eigenvalue weighted by Crippen LogP contribution is -2.00. The highest BCUT2D eigenvalue weighted by molar-refractivity contribution is 5.38. The number of benzene rings is 2. The van der Waals surface area contributed by atoms with Crippen LogP contribution in [0.5, 0.6) is 0 Å². The maximum atomic E-state index is 2.61. The van der Waals surface area contributed by atoms with E-state index < -0.39 is 0 Å². The van der Waals surface area contributed by atoms with Crippen molar-refractivity contribution >= 4 is 0 Å². The van der Waals surface area contributed by atoms with Crippen molar-refractivity contribution in [3.63, 3.8) is 0 Å². The van der Waals surface area contributed by atoms with Crippen molar-refractivity contribution in [3.8, 4) is 0 Å². The van der Waals surface area contributed by atoms with Crippen molar-refractivity contribution in [1.82, 2.24) is 4.90 Å². The van der Waals surface area contributed by atoms with Gasteiger partial charge >= 0.3 is 0 Å². The second-order valence-electron chi connectivity index (χ2n) is 5.39. The zero-order chi connectivity index (χ0) is 13.2. The lowest BCUT2D eigenvalue weighted by atomic mass is 10.0. The van der Waals surface area contributed by atoms with Gasteiger partial charge in [-0.1, -0.05) is 61.5 Å². The van der Waals surface area contributed by atoms with Crippen molar-refractivity contribution in [2.45, 2.75) is 32.4 Å². The first kappa shape index (κ1) is 12.4. The monoisotopic (exact) mass is 251 g/mol. The van der Waals surface area contributed by atoms with Crippen LogP contribution in [-0.2, 0) is 0 Å². The molecule has 1 nitrogen and oxygen atoms in total. The van der Waals surface area contributed by atoms with Gasteiger partial charge in [0.2, 0.25) is 0 Å². The minimum atomic E-state index is 0.572. The summed E-state index contributed by atoms with van der Waals surface area (Å²) < 4.78 is 0. The number of nitrogens with zero attached hydrogens (tertiary/aromatic N) is 1. The molecule has 0 bridgehead atoms. The summed E-state index contributed by atoms with van der Waals surface area (Å²) in [5, 5.41) is 0. The lowest BCUT2D eigenvalue weighted by Gasteiger charge is -2.04. The Kier molecular flexibility index (Phi) is 3.39. The van der Waals surface area contributed by atoms with Crippen LogP contribution >= 0.6 is 0 Å². The van der Waals surface area contributed by atoms with Gasteiger partial charge in [0.15, 0.2) is 0 Å². The average molecular weight is 251 g/mol. The largest absolute Gasteiger partial charge is 0.285 e. The van der Waals surface area contributed by atoms with E-state index in [2.05, 4.69) is 73.3 Å². The van der Waals surface area contributed by atoms with Crippen molar-refractivity contribution in [1.29, 1.82) is 0 Å². The van der Waals surface area contributed by atoms with E-state index in [-0.39, 0.29) is 0 Å². The predicted molar refractivity (Wildman–Crippen MR) is 80.1 cm³/mol. The molecular formula is C18H21N. The summed E-state index contributed by atoms with van der Waals surface area (Å²) in [6, 6.07) is 20.8. The first-order chi connectivity index (χ1) is 9.33. The van der Waals surface area contributed by atoms with Gasteiger partial charge in [-0.2, -0.15) is 0 Å². The first-order valence-corrected chi connectivity index (χ1v) is 7.19. The molecule has 1 heterocycles. The maximum Gasteiger partial charge on any atom is 0.0554 e. The van der Waals surface area contributed by atoms with E-state index in [0.29, 0.717) is 12.1 Å². The van der Waals surface area contributed by atoms with Gasteiger partial charge in [0.05, 0.1) is 12.1 Å². The molecule has 3 rings (SSSR count). The van der Waals surface area contributed by atoms with Gasteiger partial charge < -0.3 is 0 Å². The fraction of sp³-hybridized carbons (Fsp3) is 0.333. The molecule has 1 fully saturated rings. The van der Waals surface area contributed by atoms with Crippen molar-refractivity contribution in [3.05, 3.63) is 71.3 Å². The summed E-state index contributed by atoms with van der Waals surface area (Å²) in [5.41, 5.74) is 4.35. The topological polar surface area (TPSA) is 3.01 Å². The zero-order valence-electron chi connectivity index (χ0n) is 11.7. The highest BCUT2D eigenvalue weighted by Crippen LogP contribution is 2.54. The number of hydrogen-bond acceptors (Lipinski definition) is 1. The minimum absolute atomic E-state index is 0.572. The van der Waals surface area contributed by atoms with Crippen molar-refractivity contribution in [2.75, 3.05) is 6.54 Å². The number of aryl methyl sites for hydroxylation is 1. The van der Waals surface area contributed by atoms with Crippen LogP contribution in [-0.4, -0.2) is 11.4 Å². The molecule has 2 aromatic carbocycles. The van der Waals surface area contributed by atoms with Crippen LogP contribution in [0.3, 0.4) is 0 Å². The molecule has 0 aromatic heterocycles. The molecule has 3 atom stereocenters. The molecule has 0 radical (unpaired) electrons. The van der Waals surface area contributed by atoms with Crippen LogP contribution in [0.1, 0.15) is 42.1 Å². The third kappa shape index (κ3) is 2.31. The Morgan fingerprint density at radius 3 is 2.26 bits per heavy atom. The van der Waals surface area contributed by atoms with Crippen molar-refractivity contribution < 1.29 is 0 Å². The van der Waals surface area contributed by atoms with Gasteiger partial charge in [-0.25, -0.2) is 0 Å². The molecular weight excluding hydrogens is 230 g/mol. The molecule has 2 aromatic rings. The van der Waals surface area contributed by atoms with E-state index in [9.17, 15) is 0 Å². The van der Waals surface area contributed by atoms with Crippen LogP contribution in [0.4, 0.5) is 0 Å². The second kappa shape index (κ2) is 5.18. The Labute approximate surface area is 115 Å². The summed E-state index contributed by atoms with van der Waals surface area (Å²) in [6.07, 6.45) is 1.21. The minimum Gasteiger partial charge on any atom is -0.285 e. The summed E-state index contributed by atoms with van der Waals surface area (Å²) >= 11 is 0. The molecule has 1 aliphatic heterocycles. The van der Waals surface area contributed by atoms with E-state index in [1.54, 1.807) is 0 Å². The van der Waals surface area contributed by atoms with Gasteiger partial charge in [-0.15, -0.1) is 0 Å². The van der Waals surface area contributed by atoms with Crippen molar-refractivity contribution in [2.24, 2.45) is 0 Å². The predicted octanol–water partition coefficient (Wildman–Crippen LogP) is 4.50. The SMILES string of the molecule is CCCN1[C@@H](c2ccccc2)[C@@H]1c1ccccc1C. The van der Waals surface area contributed by atoms with Crippen LogP contribution in [0.25, 0.3) is 0 Å². The van der Waals surface area contributed by atoms with Gasteiger partial charge in [0.25, 0.3) is 0 Å². The number of hydrogen-bond donors (Lipinski definition) is 0. The van der Waals surface area contributed by atoms with Crippen LogP contribution < -0.4 is 0 Å². The molecule has 1 heteroatoms. The Balaban J connectivity index is 1.91. The highest BCUT2D eigenvalue weighted by atomic mass is 15.3. The quantitative estimate of drug-likeness (QED) is 0.723. The average Bonchev–Trinajstić information content (AvgIpc) is 3.14. The van der Waals surface area contributed by atoms with Crippen LogP contribution in [0, 0.1) is 6.92 Å². The van der Waals surface area contributed by atoms with Crippen LogP contribution in [0.15, 0.2) is 54.6 Å². The van der Waals surface area contributed by atoms with E-state index in [0.717, 1.165) is 0 Å². The summed E-state index contributed by atoms with van der Waals surface area (Å²) in [7, 11) is 0. The fourth-order valence-electron chi connectivity index (χ4n) is 3.10. The van der Waals surface area contributed by atoms with Gasteiger partial charge in [-0.05, 0) is 36.6 Å². The molecule has 1 saturated heterocycles. The summed E-state index contributed by atoms with van der Waals surface area (Å²) in [5.74, 6) is 0. The molecule has 0 amide bonds. The molecule has 0 N–H and O–H groups in total. The molecule has 98 valence electrons. The molecule has 0 saturated carbocycles. The maximum absolute atomic E-state index is 2.61. The third-order valence-corrected chi connectivity index (χ3v) is 4.05. The highest BCUT2D eigenvalue weighted by Gasteiger charge is 2.48. The smallest absolute Gasteiger partial charge is 0.0554 e. The zero-order valence-corrected chi connectivity index (χ0v) is 11.7. The Bertz CT molecular complexity index is 547. The van der Waals surface area contributed by atoms with Gasteiger partial charge in [0.1, 0.15) is 0 Å². The number of rotatable bonds is 4. The Hall–Kier alpha value is -1.60. The molecule has 0 aliphatic carbocycles. The standard InChI is InChI=1S/C18H21N/c1-3-13-19-17(15-10-5-4-6-11-15)18(19)16-12-8-7-9-14(16)2/h4-12,17-18H,3,13H2,1-2H3/t17-,18-,19?/m0/s1. The Morgan fingerprint density at radius 2 is 1.58 bits per heavy atom. The summed E-state index contributed by atoms with van der Waals surface area (Å²) in [6.45, 7) is 5.66. The normalized spacial score (nSPS) is 25.3. The molecule has 0 spiro atoms.